The Labute approximate surface area is 149 Å². The lowest BCUT2D eigenvalue weighted by Crippen LogP contribution is -2.39. The Bertz CT molecular complexity index is 729. The molecule has 0 spiro atoms. The van der Waals surface area contributed by atoms with E-state index in [9.17, 15) is 14.3 Å². The van der Waals surface area contributed by atoms with Gasteiger partial charge in [0.1, 0.15) is 5.82 Å². The van der Waals surface area contributed by atoms with E-state index in [1.807, 2.05) is 30.3 Å². The molecule has 0 radical (unpaired) electrons. The summed E-state index contributed by atoms with van der Waals surface area (Å²) in [5.41, 5.74) is 1.95. The number of hydrogen-bond acceptors (Lipinski definition) is 2. The summed E-state index contributed by atoms with van der Waals surface area (Å²) in [7, 11) is 0. The summed E-state index contributed by atoms with van der Waals surface area (Å²) in [6.45, 7) is 1.36. The average Bonchev–Trinajstić information content (AvgIpc) is 2.57. The molecule has 1 saturated heterocycles. The number of benzene rings is 2. The van der Waals surface area contributed by atoms with Crippen LogP contribution in [0.2, 0.25) is 0 Å². The molecular formula is C19H19BrFNO2. The summed E-state index contributed by atoms with van der Waals surface area (Å²) in [4.78, 5) is 13.4. The molecule has 0 saturated carbocycles. The smallest absolute Gasteiger partial charge is 0.306 e. The first-order chi connectivity index (χ1) is 11.6. The number of piperidine rings is 1. The molecule has 5 heteroatoms. The highest BCUT2D eigenvalue weighted by molar-refractivity contribution is 9.10. The van der Waals surface area contributed by atoms with E-state index in [0.29, 0.717) is 25.9 Å². The maximum Gasteiger partial charge on any atom is 0.306 e. The molecule has 2 aromatic carbocycles. The van der Waals surface area contributed by atoms with Crippen molar-refractivity contribution in [3.05, 3.63) is 69.9 Å². The summed E-state index contributed by atoms with van der Waals surface area (Å²) in [6.07, 6.45) is 1.23. The molecule has 1 heterocycles. The van der Waals surface area contributed by atoms with Crippen molar-refractivity contribution in [1.82, 2.24) is 4.90 Å². The van der Waals surface area contributed by atoms with Crippen molar-refractivity contribution in [2.45, 2.75) is 18.9 Å². The third kappa shape index (κ3) is 3.68. The summed E-state index contributed by atoms with van der Waals surface area (Å²) in [5, 5.41) is 9.20. The minimum absolute atomic E-state index is 0.0916. The lowest BCUT2D eigenvalue weighted by atomic mass is 9.91. The second-order valence-electron chi connectivity index (χ2n) is 6.13. The third-order valence-corrected chi connectivity index (χ3v) is 5.33. The molecule has 3 rings (SSSR count). The van der Waals surface area contributed by atoms with Crippen LogP contribution in [0.5, 0.6) is 0 Å². The molecule has 126 valence electrons. The van der Waals surface area contributed by atoms with Gasteiger partial charge in [-0.15, -0.1) is 0 Å². The van der Waals surface area contributed by atoms with E-state index in [2.05, 4.69) is 20.8 Å². The highest BCUT2D eigenvalue weighted by Crippen LogP contribution is 2.36. The van der Waals surface area contributed by atoms with Crippen molar-refractivity contribution in [2.75, 3.05) is 13.1 Å². The minimum Gasteiger partial charge on any atom is -0.481 e. The summed E-state index contributed by atoms with van der Waals surface area (Å²) >= 11 is 3.60. The van der Waals surface area contributed by atoms with Gasteiger partial charge in [0.15, 0.2) is 0 Å². The second kappa shape index (κ2) is 7.45. The first-order valence-electron chi connectivity index (χ1n) is 8.03. The number of carboxylic acids is 1. The number of aliphatic carboxylic acids is 1. The Morgan fingerprint density at radius 3 is 2.50 bits per heavy atom. The highest BCUT2D eigenvalue weighted by atomic mass is 79.9. The number of likely N-dealkylation sites (tertiary alicyclic amines) is 1. The fraction of sp³-hybridized carbons (Fsp3) is 0.316. The van der Waals surface area contributed by atoms with Gasteiger partial charge in [0.05, 0.1) is 12.0 Å². The number of halogens is 2. The summed E-state index contributed by atoms with van der Waals surface area (Å²) < 4.78 is 14.7. The molecule has 0 amide bonds. The van der Waals surface area contributed by atoms with Crippen molar-refractivity contribution >= 4 is 21.9 Å². The number of nitrogens with zero attached hydrogens (tertiary/aromatic N) is 1. The van der Waals surface area contributed by atoms with Gasteiger partial charge < -0.3 is 5.11 Å². The van der Waals surface area contributed by atoms with Crippen molar-refractivity contribution < 1.29 is 14.3 Å². The maximum absolute atomic E-state index is 13.8. The van der Waals surface area contributed by atoms with Gasteiger partial charge in [-0.05, 0) is 55.3 Å². The molecule has 1 unspecified atom stereocenters. The highest BCUT2D eigenvalue weighted by Gasteiger charge is 2.31. The lowest BCUT2D eigenvalue weighted by Gasteiger charge is -2.37. The number of hydrogen-bond donors (Lipinski definition) is 1. The molecule has 1 fully saturated rings. The molecule has 24 heavy (non-hydrogen) atoms. The molecule has 1 N–H and O–H groups in total. The van der Waals surface area contributed by atoms with Gasteiger partial charge in [0.2, 0.25) is 0 Å². The first-order valence-corrected chi connectivity index (χ1v) is 8.82. The Morgan fingerprint density at radius 1 is 1.17 bits per heavy atom. The van der Waals surface area contributed by atoms with Crippen LogP contribution in [0.4, 0.5) is 4.39 Å². The van der Waals surface area contributed by atoms with Gasteiger partial charge in [-0.25, -0.2) is 4.39 Å². The molecule has 1 aliphatic heterocycles. The Kier molecular flexibility index (Phi) is 5.31. The van der Waals surface area contributed by atoms with Crippen LogP contribution >= 0.6 is 15.9 Å². The Hall–Kier alpha value is -1.72. The zero-order chi connectivity index (χ0) is 17.1. The predicted octanol–water partition coefficient (Wildman–Crippen LogP) is 4.47. The SMILES string of the molecule is O=C(O)C1CCN(C(c2cccc(F)c2)c2ccccc2Br)CC1. The van der Waals surface area contributed by atoms with Crippen molar-refractivity contribution in [2.24, 2.45) is 5.92 Å². The van der Waals surface area contributed by atoms with Gasteiger partial charge in [0, 0.05) is 4.47 Å². The largest absolute Gasteiger partial charge is 0.481 e. The van der Waals surface area contributed by atoms with Crippen LogP contribution in [0.3, 0.4) is 0 Å². The van der Waals surface area contributed by atoms with Crippen molar-refractivity contribution in [3.8, 4) is 0 Å². The van der Waals surface area contributed by atoms with Crippen LogP contribution in [0.25, 0.3) is 0 Å². The van der Waals surface area contributed by atoms with E-state index in [0.717, 1.165) is 15.6 Å². The lowest BCUT2D eigenvalue weighted by molar-refractivity contribution is -0.143. The summed E-state index contributed by atoms with van der Waals surface area (Å²) in [6, 6.07) is 14.5. The van der Waals surface area contributed by atoms with Crippen LogP contribution in [0, 0.1) is 11.7 Å². The van der Waals surface area contributed by atoms with Crippen LogP contribution in [-0.2, 0) is 4.79 Å². The molecule has 1 aliphatic rings. The zero-order valence-corrected chi connectivity index (χ0v) is 14.7. The van der Waals surface area contributed by atoms with Crippen LogP contribution < -0.4 is 0 Å². The Balaban J connectivity index is 1.95. The van der Waals surface area contributed by atoms with E-state index in [1.165, 1.54) is 6.07 Å². The van der Waals surface area contributed by atoms with Crippen LogP contribution in [0.15, 0.2) is 53.0 Å². The molecule has 2 aromatic rings. The number of carboxylic acid groups (broad SMARTS) is 1. The fourth-order valence-corrected chi connectivity index (χ4v) is 3.87. The molecule has 0 aliphatic carbocycles. The average molecular weight is 392 g/mol. The monoisotopic (exact) mass is 391 g/mol. The quantitative estimate of drug-likeness (QED) is 0.835. The first kappa shape index (κ1) is 17.1. The van der Waals surface area contributed by atoms with Crippen molar-refractivity contribution in [1.29, 1.82) is 0 Å². The van der Waals surface area contributed by atoms with E-state index < -0.39 is 5.97 Å². The van der Waals surface area contributed by atoms with Gasteiger partial charge in [-0.3, -0.25) is 9.69 Å². The van der Waals surface area contributed by atoms with Gasteiger partial charge in [-0.1, -0.05) is 46.3 Å². The number of carbonyl (C=O) groups is 1. The molecular weight excluding hydrogens is 373 g/mol. The second-order valence-corrected chi connectivity index (χ2v) is 6.98. The minimum atomic E-state index is -0.724. The molecule has 3 nitrogen and oxygen atoms in total. The Morgan fingerprint density at radius 2 is 1.88 bits per heavy atom. The predicted molar refractivity (Wildman–Crippen MR) is 94.3 cm³/mol. The van der Waals surface area contributed by atoms with E-state index >= 15 is 0 Å². The molecule has 0 aromatic heterocycles. The van der Waals surface area contributed by atoms with Crippen LogP contribution in [0.1, 0.15) is 30.0 Å². The zero-order valence-electron chi connectivity index (χ0n) is 13.2. The molecule has 0 bridgehead atoms. The number of rotatable bonds is 4. The normalized spacial score (nSPS) is 17.6. The maximum atomic E-state index is 13.8. The third-order valence-electron chi connectivity index (χ3n) is 4.61. The van der Waals surface area contributed by atoms with E-state index in [-0.39, 0.29) is 17.8 Å². The standard InChI is InChI=1S/C19H19BrFNO2/c20-17-7-2-1-6-16(17)18(14-4-3-5-15(21)12-14)22-10-8-13(9-11-22)19(23)24/h1-7,12-13,18H,8-11H2,(H,23,24). The molecule has 1 atom stereocenters. The van der Waals surface area contributed by atoms with Gasteiger partial charge in [0.25, 0.3) is 0 Å². The fourth-order valence-electron chi connectivity index (χ4n) is 3.37. The van der Waals surface area contributed by atoms with E-state index in [1.54, 1.807) is 12.1 Å². The van der Waals surface area contributed by atoms with Gasteiger partial charge in [-0.2, -0.15) is 0 Å². The van der Waals surface area contributed by atoms with Crippen LogP contribution in [-0.4, -0.2) is 29.1 Å². The van der Waals surface area contributed by atoms with Crippen molar-refractivity contribution in [3.63, 3.8) is 0 Å². The topological polar surface area (TPSA) is 40.5 Å². The van der Waals surface area contributed by atoms with E-state index in [4.69, 9.17) is 0 Å². The van der Waals surface area contributed by atoms with Gasteiger partial charge >= 0.3 is 5.97 Å². The summed E-state index contributed by atoms with van der Waals surface area (Å²) in [5.74, 6) is -1.27.